The van der Waals surface area contributed by atoms with E-state index < -0.39 is 17.7 Å². The molecule has 4 nitrogen and oxygen atoms in total. The van der Waals surface area contributed by atoms with Gasteiger partial charge in [-0.1, -0.05) is 6.07 Å². The smallest absolute Gasteiger partial charge is 0.131 e. The van der Waals surface area contributed by atoms with Crippen molar-refractivity contribution in [2.75, 3.05) is 13.1 Å². The normalized spacial score (nSPS) is 16.6. The van der Waals surface area contributed by atoms with Gasteiger partial charge in [-0.05, 0) is 19.9 Å². The zero-order valence-electron chi connectivity index (χ0n) is 12.7. The van der Waals surface area contributed by atoms with Crippen molar-refractivity contribution >= 4 is 0 Å². The second-order valence-corrected chi connectivity index (χ2v) is 5.77. The quantitative estimate of drug-likeness (QED) is 0.946. The molecule has 0 radical (unpaired) electrons. The van der Waals surface area contributed by atoms with Crippen molar-refractivity contribution in [1.82, 2.24) is 14.5 Å². The van der Waals surface area contributed by atoms with Crippen LogP contribution in [-0.2, 0) is 13.1 Å². The van der Waals surface area contributed by atoms with Crippen molar-refractivity contribution in [1.29, 1.82) is 0 Å². The van der Waals surface area contributed by atoms with E-state index in [4.69, 9.17) is 0 Å². The number of aromatic nitrogens is 2. The maximum Gasteiger partial charge on any atom is 0.131 e. The predicted octanol–water partition coefficient (Wildman–Crippen LogP) is 2.33. The van der Waals surface area contributed by atoms with Crippen molar-refractivity contribution in [3.63, 3.8) is 0 Å². The molecule has 0 aliphatic carbocycles. The lowest BCUT2D eigenvalue weighted by Gasteiger charge is -2.30. The van der Waals surface area contributed by atoms with Gasteiger partial charge in [-0.2, -0.15) is 0 Å². The molecule has 0 saturated carbocycles. The molecule has 2 heterocycles. The van der Waals surface area contributed by atoms with Crippen molar-refractivity contribution in [3.8, 4) is 0 Å². The van der Waals surface area contributed by atoms with Crippen LogP contribution in [0.5, 0.6) is 0 Å². The minimum Gasteiger partial charge on any atom is -0.387 e. The second-order valence-electron chi connectivity index (χ2n) is 5.77. The van der Waals surface area contributed by atoms with Crippen LogP contribution in [0.1, 0.15) is 28.9 Å². The number of aliphatic hydroxyl groups is 1. The molecule has 1 unspecified atom stereocenters. The van der Waals surface area contributed by atoms with Crippen LogP contribution in [0.25, 0.3) is 0 Å². The molecular formula is C16H19F2N3O. The fraction of sp³-hybridized carbons (Fsp3) is 0.438. The van der Waals surface area contributed by atoms with Gasteiger partial charge in [0, 0.05) is 37.0 Å². The van der Waals surface area contributed by atoms with Crippen LogP contribution in [0.4, 0.5) is 8.78 Å². The Hall–Kier alpha value is -1.79. The lowest BCUT2D eigenvalue weighted by Crippen LogP contribution is -2.37. The fourth-order valence-electron chi connectivity index (χ4n) is 2.93. The molecule has 2 aromatic rings. The Morgan fingerprint density at radius 3 is 2.77 bits per heavy atom. The largest absolute Gasteiger partial charge is 0.387 e. The third-order valence-electron chi connectivity index (χ3n) is 4.29. The van der Waals surface area contributed by atoms with Gasteiger partial charge >= 0.3 is 0 Å². The molecule has 1 aliphatic heterocycles. The number of nitrogens with zero attached hydrogens (tertiary/aromatic N) is 3. The number of benzene rings is 1. The van der Waals surface area contributed by atoms with Gasteiger partial charge in [0.25, 0.3) is 0 Å². The third-order valence-corrected chi connectivity index (χ3v) is 4.29. The highest BCUT2D eigenvalue weighted by Crippen LogP contribution is 2.22. The number of fused-ring (bicyclic) bond motifs is 1. The van der Waals surface area contributed by atoms with E-state index >= 15 is 0 Å². The van der Waals surface area contributed by atoms with E-state index in [2.05, 4.69) is 9.55 Å². The second kappa shape index (κ2) is 5.78. The first-order chi connectivity index (χ1) is 10.5. The first kappa shape index (κ1) is 15.1. The van der Waals surface area contributed by atoms with Crippen molar-refractivity contribution < 1.29 is 13.9 Å². The van der Waals surface area contributed by atoms with Crippen LogP contribution in [0.2, 0.25) is 0 Å². The summed E-state index contributed by atoms with van der Waals surface area (Å²) in [4.78, 5) is 6.56. The van der Waals surface area contributed by atoms with Gasteiger partial charge < -0.3 is 9.67 Å². The van der Waals surface area contributed by atoms with E-state index in [1.165, 1.54) is 11.8 Å². The monoisotopic (exact) mass is 307 g/mol. The van der Waals surface area contributed by atoms with E-state index in [0.29, 0.717) is 13.1 Å². The van der Waals surface area contributed by atoms with Crippen molar-refractivity contribution in [2.45, 2.75) is 33.0 Å². The SMILES string of the molecule is Cc1nc2n(c1C)CCN(CC(O)c1ccc(F)cc1F)C2. The highest BCUT2D eigenvalue weighted by molar-refractivity contribution is 5.21. The first-order valence-corrected chi connectivity index (χ1v) is 7.33. The molecule has 1 aromatic carbocycles. The van der Waals surface area contributed by atoms with E-state index in [1.54, 1.807) is 0 Å². The molecule has 0 fully saturated rings. The molecule has 0 bridgehead atoms. The predicted molar refractivity (Wildman–Crippen MR) is 78.3 cm³/mol. The molecule has 0 amide bonds. The summed E-state index contributed by atoms with van der Waals surface area (Å²) in [5.74, 6) is -0.384. The van der Waals surface area contributed by atoms with Crippen molar-refractivity contribution in [3.05, 3.63) is 52.6 Å². The number of imidazole rings is 1. The minimum atomic E-state index is -0.982. The van der Waals surface area contributed by atoms with E-state index in [1.807, 2.05) is 18.7 Å². The molecule has 0 spiro atoms. The summed E-state index contributed by atoms with van der Waals surface area (Å²) in [7, 11) is 0. The number of aliphatic hydroxyl groups excluding tert-OH is 1. The molecule has 3 rings (SSSR count). The number of β-amino-alcohol motifs (C(OH)–C–C–N with tert-alkyl or cyclic N) is 1. The number of hydrogen-bond donors (Lipinski definition) is 1. The highest BCUT2D eigenvalue weighted by Gasteiger charge is 2.23. The third kappa shape index (κ3) is 2.76. The average Bonchev–Trinajstić information content (AvgIpc) is 2.73. The topological polar surface area (TPSA) is 41.3 Å². The molecule has 118 valence electrons. The number of hydrogen-bond acceptors (Lipinski definition) is 3. The summed E-state index contributed by atoms with van der Waals surface area (Å²) < 4.78 is 28.8. The van der Waals surface area contributed by atoms with Crippen molar-refractivity contribution in [2.24, 2.45) is 0 Å². The summed E-state index contributed by atoms with van der Waals surface area (Å²) >= 11 is 0. The first-order valence-electron chi connectivity index (χ1n) is 7.33. The van der Waals surface area contributed by atoms with Crippen LogP contribution in [0.15, 0.2) is 18.2 Å². The summed E-state index contributed by atoms with van der Waals surface area (Å²) in [6.07, 6.45) is -0.982. The molecular weight excluding hydrogens is 288 g/mol. The Morgan fingerprint density at radius 1 is 1.27 bits per heavy atom. The van der Waals surface area contributed by atoms with Crippen LogP contribution in [0.3, 0.4) is 0 Å². The maximum absolute atomic E-state index is 13.7. The Bertz CT molecular complexity index is 699. The molecule has 6 heteroatoms. The summed E-state index contributed by atoms with van der Waals surface area (Å²) in [6.45, 7) is 6.52. The van der Waals surface area contributed by atoms with Crippen LogP contribution in [0, 0.1) is 25.5 Å². The Kier molecular flexibility index (Phi) is 3.97. The van der Waals surface area contributed by atoms with Gasteiger partial charge in [-0.25, -0.2) is 13.8 Å². The standard InChI is InChI=1S/C16H19F2N3O/c1-10-11(2)21-6-5-20(9-16(21)19-10)8-15(22)13-4-3-12(17)7-14(13)18/h3-4,7,15,22H,5-6,8-9H2,1-2H3. The number of halogens is 2. The fourth-order valence-corrected chi connectivity index (χ4v) is 2.93. The summed E-state index contributed by atoms with van der Waals surface area (Å²) in [5.41, 5.74) is 2.31. The molecule has 1 aromatic heterocycles. The van der Waals surface area contributed by atoms with E-state index in [0.717, 1.165) is 36.7 Å². The average molecular weight is 307 g/mol. The van der Waals surface area contributed by atoms with E-state index in [-0.39, 0.29) is 5.56 Å². The minimum absolute atomic E-state index is 0.127. The van der Waals surface area contributed by atoms with Crippen LogP contribution >= 0.6 is 0 Å². The molecule has 1 aliphatic rings. The van der Waals surface area contributed by atoms with Gasteiger partial charge in [-0.3, -0.25) is 4.90 Å². The summed E-state index contributed by atoms with van der Waals surface area (Å²) in [6, 6.07) is 3.26. The van der Waals surface area contributed by atoms with E-state index in [9.17, 15) is 13.9 Å². The molecule has 1 atom stereocenters. The lowest BCUT2D eigenvalue weighted by molar-refractivity contribution is 0.0934. The zero-order valence-corrected chi connectivity index (χ0v) is 12.7. The maximum atomic E-state index is 13.7. The molecule has 0 saturated heterocycles. The Balaban J connectivity index is 1.71. The number of aryl methyl sites for hydroxylation is 1. The van der Waals surface area contributed by atoms with Crippen LogP contribution in [-0.4, -0.2) is 32.6 Å². The van der Waals surface area contributed by atoms with Gasteiger partial charge in [0.1, 0.15) is 17.5 Å². The van der Waals surface area contributed by atoms with Gasteiger partial charge in [0.05, 0.1) is 18.3 Å². The number of rotatable bonds is 3. The summed E-state index contributed by atoms with van der Waals surface area (Å²) in [5, 5.41) is 10.2. The van der Waals surface area contributed by atoms with Gasteiger partial charge in [-0.15, -0.1) is 0 Å². The van der Waals surface area contributed by atoms with Gasteiger partial charge in [0.15, 0.2) is 0 Å². The highest BCUT2D eigenvalue weighted by atomic mass is 19.1. The Morgan fingerprint density at radius 2 is 2.05 bits per heavy atom. The van der Waals surface area contributed by atoms with Crippen LogP contribution < -0.4 is 0 Å². The molecule has 22 heavy (non-hydrogen) atoms. The zero-order chi connectivity index (χ0) is 15.9. The lowest BCUT2D eigenvalue weighted by atomic mass is 10.1. The Labute approximate surface area is 128 Å². The van der Waals surface area contributed by atoms with Gasteiger partial charge in [0.2, 0.25) is 0 Å². The molecule has 1 N–H and O–H groups in total.